The van der Waals surface area contributed by atoms with Crippen LogP contribution < -0.4 is 10.6 Å². The molecule has 0 radical (unpaired) electrons. The Labute approximate surface area is 144 Å². The smallest absolute Gasteiger partial charge is 0.251 e. The van der Waals surface area contributed by atoms with E-state index in [-0.39, 0.29) is 11.8 Å². The van der Waals surface area contributed by atoms with Gasteiger partial charge in [-0.05, 0) is 55.5 Å². The summed E-state index contributed by atoms with van der Waals surface area (Å²) in [5.41, 5.74) is 1.67. The van der Waals surface area contributed by atoms with E-state index >= 15 is 0 Å². The quantitative estimate of drug-likeness (QED) is 0.838. The maximum absolute atomic E-state index is 12.5. The van der Waals surface area contributed by atoms with Gasteiger partial charge in [-0.2, -0.15) is 0 Å². The van der Waals surface area contributed by atoms with Gasteiger partial charge in [0.1, 0.15) is 0 Å². The van der Waals surface area contributed by atoms with Crippen LogP contribution in [0, 0.1) is 11.8 Å². The summed E-state index contributed by atoms with van der Waals surface area (Å²) in [7, 11) is 3.47. The number of rotatable bonds is 6. The number of nitrogens with one attached hydrogen (secondary N) is 2. The molecule has 1 aromatic carbocycles. The number of carbonyl (C=O) groups is 2. The number of benzene rings is 1. The Morgan fingerprint density at radius 1 is 1.25 bits per heavy atom. The molecule has 2 N–H and O–H groups in total. The highest BCUT2D eigenvalue weighted by Gasteiger charge is 2.23. The third-order valence-corrected chi connectivity index (χ3v) is 4.97. The highest BCUT2D eigenvalue weighted by molar-refractivity contribution is 5.93. The van der Waals surface area contributed by atoms with Crippen LogP contribution in [0.3, 0.4) is 0 Å². The zero-order valence-electron chi connectivity index (χ0n) is 15.0. The van der Waals surface area contributed by atoms with Crippen molar-refractivity contribution in [3.05, 3.63) is 35.4 Å². The van der Waals surface area contributed by atoms with Gasteiger partial charge in [-0.1, -0.05) is 19.1 Å². The predicted octanol–water partition coefficient (Wildman–Crippen LogP) is 2.03. The molecule has 2 amide bonds. The molecule has 5 nitrogen and oxygen atoms in total. The first-order valence-electron chi connectivity index (χ1n) is 8.77. The van der Waals surface area contributed by atoms with E-state index in [1.807, 2.05) is 19.2 Å². The second kappa shape index (κ2) is 8.83. The number of hydrogen-bond acceptors (Lipinski definition) is 3. The van der Waals surface area contributed by atoms with Crippen LogP contribution in [0.2, 0.25) is 0 Å². The van der Waals surface area contributed by atoms with Crippen LogP contribution in [-0.4, -0.2) is 43.9 Å². The fraction of sp³-hybridized carbons (Fsp3) is 0.579. The van der Waals surface area contributed by atoms with Crippen LogP contribution in [0.15, 0.2) is 24.3 Å². The number of nitrogens with zero attached hydrogens (tertiary/aromatic N) is 1. The van der Waals surface area contributed by atoms with Crippen LogP contribution in [0.25, 0.3) is 0 Å². The van der Waals surface area contributed by atoms with Crippen molar-refractivity contribution in [3.8, 4) is 0 Å². The molecule has 1 atom stereocenters. The van der Waals surface area contributed by atoms with Crippen molar-refractivity contribution in [2.45, 2.75) is 32.7 Å². The van der Waals surface area contributed by atoms with Gasteiger partial charge in [0.05, 0.1) is 0 Å². The minimum atomic E-state index is -0.0956. The van der Waals surface area contributed by atoms with Crippen LogP contribution in [0.1, 0.15) is 42.1 Å². The Hall–Kier alpha value is -1.88. The summed E-state index contributed by atoms with van der Waals surface area (Å²) < 4.78 is 0. The first kappa shape index (κ1) is 18.5. The Bertz CT molecular complexity index is 550. The second-order valence-corrected chi connectivity index (χ2v) is 6.79. The number of amides is 2. The van der Waals surface area contributed by atoms with Gasteiger partial charge in [0.15, 0.2) is 0 Å². The van der Waals surface area contributed by atoms with Crippen LogP contribution in [0.5, 0.6) is 0 Å². The minimum Gasteiger partial charge on any atom is -0.355 e. The molecule has 132 valence electrons. The average molecular weight is 331 g/mol. The van der Waals surface area contributed by atoms with Gasteiger partial charge in [-0.25, -0.2) is 0 Å². The van der Waals surface area contributed by atoms with E-state index in [0.29, 0.717) is 30.4 Å². The lowest BCUT2D eigenvalue weighted by Crippen LogP contribution is -2.34. The number of hydrogen-bond donors (Lipinski definition) is 2. The van der Waals surface area contributed by atoms with Gasteiger partial charge in [-0.15, -0.1) is 0 Å². The molecule has 2 rings (SSSR count). The molecule has 1 heterocycles. The van der Waals surface area contributed by atoms with Crippen molar-refractivity contribution < 1.29 is 9.59 Å². The van der Waals surface area contributed by atoms with E-state index in [0.717, 1.165) is 18.7 Å². The highest BCUT2D eigenvalue weighted by Crippen LogP contribution is 2.25. The molecular weight excluding hydrogens is 302 g/mol. The molecular formula is C19H29N3O2. The van der Waals surface area contributed by atoms with E-state index in [1.165, 1.54) is 12.8 Å². The first-order valence-corrected chi connectivity index (χ1v) is 8.77. The minimum absolute atomic E-state index is 0.0956. The molecule has 0 aliphatic carbocycles. The Balaban J connectivity index is 1.85. The lowest BCUT2D eigenvalue weighted by atomic mass is 9.84. The van der Waals surface area contributed by atoms with Crippen molar-refractivity contribution in [2.75, 3.05) is 27.2 Å². The fourth-order valence-corrected chi connectivity index (χ4v) is 3.28. The molecule has 0 saturated carbocycles. The predicted molar refractivity (Wildman–Crippen MR) is 95.7 cm³/mol. The number of piperidine rings is 1. The van der Waals surface area contributed by atoms with Gasteiger partial charge in [-0.3, -0.25) is 9.59 Å². The zero-order valence-corrected chi connectivity index (χ0v) is 15.0. The van der Waals surface area contributed by atoms with Crippen molar-refractivity contribution in [3.63, 3.8) is 0 Å². The van der Waals surface area contributed by atoms with Gasteiger partial charge in [0, 0.05) is 32.6 Å². The van der Waals surface area contributed by atoms with Crippen LogP contribution in [0.4, 0.5) is 0 Å². The second-order valence-electron chi connectivity index (χ2n) is 6.79. The van der Waals surface area contributed by atoms with Crippen LogP contribution in [-0.2, 0) is 11.3 Å². The highest BCUT2D eigenvalue weighted by atomic mass is 16.2. The van der Waals surface area contributed by atoms with Crippen molar-refractivity contribution in [2.24, 2.45) is 11.8 Å². The lowest BCUT2D eigenvalue weighted by molar-refractivity contribution is -0.131. The van der Waals surface area contributed by atoms with Gasteiger partial charge >= 0.3 is 0 Å². The zero-order chi connectivity index (χ0) is 17.5. The third kappa shape index (κ3) is 5.06. The van der Waals surface area contributed by atoms with Crippen molar-refractivity contribution in [1.29, 1.82) is 0 Å². The Morgan fingerprint density at radius 2 is 1.88 bits per heavy atom. The standard InChI is InChI=1S/C19H29N3O2/c1-14(16-8-10-21-11-9-16)12-18(23)22(3)13-15-4-6-17(7-5-15)19(24)20-2/h4-7,14,16,21H,8-13H2,1-3H3,(H,20,24). The maximum atomic E-state index is 12.5. The van der Waals surface area contributed by atoms with Gasteiger partial charge < -0.3 is 15.5 Å². The molecule has 1 fully saturated rings. The molecule has 1 aliphatic rings. The summed E-state index contributed by atoms with van der Waals surface area (Å²) in [4.78, 5) is 25.8. The van der Waals surface area contributed by atoms with E-state index in [2.05, 4.69) is 17.6 Å². The molecule has 24 heavy (non-hydrogen) atoms. The van der Waals surface area contributed by atoms with E-state index in [4.69, 9.17) is 0 Å². The third-order valence-electron chi connectivity index (χ3n) is 4.97. The molecule has 1 aliphatic heterocycles. The summed E-state index contributed by atoms with van der Waals surface area (Å²) in [6, 6.07) is 7.41. The fourth-order valence-electron chi connectivity index (χ4n) is 3.28. The van der Waals surface area contributed by atoms with Gasteiger partial charge in [0.2, 0.25) is 5.91 Å². The first-order chi connectivity index (χ1) is 11.5. The number of carbonyl (C=O) groups excluding carboxylic acids is 2. The Kier molecular flexibility index (Phi) is 6.79. The Morgan fingerprint density at radius 3 is 2.46 bits per heavy atom. The van der Waals surface area contributed by atoms with Crippen LogP contribution >= 0.6 is 0 Å². The lowest BCUT2D eigenvalue weighted by Gasteiger charge is -2.29. The summed E-state index contributed by atoms with van der Waals surface area (Å²) >= 11 is 0. The maximum Gasteiger partial charge on any atom is 0.251 e. The SMILES string of the molecule is CNC(=O)c1ccc(CN(C)C(=O)CC(C)C2CCNCC2)cc1. The molecule has 0 aromatic heterocycles. The molecule has 0 spiro atoms. The molecule has 5 heteroatoms. The van der Waals surface area contributed by atoms with E-state index < -0.39 is 0 Å². The topological polar surface area (TPSA) is 61.4 Å². The molecule has 1 unspecified atom stereocenters. The summed E-state index contributed by atoms with van der Waals surface area (Å²) in [5.74, 6) is 1.17. The molecule has 1 aromatic rings. The largest absolute Gasteiger partial charge is 0.355 e. The normalized spacial score (nSPS) is 16.5. The van der Waals surface area contributed by atoms with Crippen molar-refractivity contribution >= 4 is 11.8 Å². The summed E-state index contributed by atoms with van der Waals surface area (Å²) in [5, 5.41) is 5.98. The van der Waals surface area contributed by atoms with Gasteiger partial charge in [0.25, 0.3) is 5.91 Å². The van der Waals surface area contributed by atoms with Crippen molar-refractivity contribution in [1.82, 2.24) is 15.5 Å². The molecule has 0 bridgehead atoms. The van der Waals surface area contributed by atoms with E-state index in [1.54, 1.807) is 24.1 Å². The molecule has 1 saturated heterocycles. The summed E-state index contributed by atoms with van der Waals surface area (Å²) in [6.45, 7) is 4.90. The summed E-state index contributed by atoms with van der Waals surface area (Å²) in [6.07, 6.45) is 2.94. The van der Waals surface area contributed by atoms with E-state index in [9.17, 15) is 9.59 Å². The monoisotopic (exact) mass is 331 g/mol. The average Bonchev–Trinajstić information content (AvgIpc) is 2.62.